The Bertz CT molecular complexity index is 1040. The Balaban J connectivity index is 1.83. The molecule has 0 bridgehead atoms. The van der Waals surface area contributed by atoms with E-state index in [9.17, 15) is 18.3 Å². The number of carbonyl (C=O) groups excluding carboxylic acids is 1. The van der Waals surface area contributed by atoms with Crippen LogP contribution >= 0.6 is 11.6 Å². The van der Waals surface area contributed by atoms with Crippen LogP contribution in [-0.4, -0.2) is 41.1 Å². The van der Waals surface area contributed by atoms with Crippen molar-refractivity contribution in [2.24, 2.45) is 5.92 Å². The summed E-state index contributed by atoms with van der Waals surface area (Å²) < 4.78 is 25.4. The highest BCUT2D eigenvalue weighted by atomic mass is 35.5. The lowest BCUT2D eigenvalue weighted by atomic mass is 9.87. The number of amides is 1. The molecule has 1 fully saturated rings. The Morgan fingerprint density at radius 2 is 2.00 bits per heavy atom. The fourth-order valence-electron chi connectivity index (χ4n) is 4.13. The number of anilines is 1. The zero-order valence-electron chi connectivity index (χ0n) is 18.1. The molecule has 3 rings (SSSR count). The molecule has 1 heterocycles. The van der Waals surface area contributed by atoms with E-state index in [0.717, 1.165) is 31.9 Å². The van der Waals surface area contributed by atoms with Gasteiger partial charge in [-0.3, -0.25) is 9.48 Å². The van der Waals surface area contributed by atoms with Crippen molar-refractivity contribution in [2.45, 2.75) is 68.9 Å². The molecule has 1 aliphatic rings. The summed E-state index contributed by atoms with van der Waals surface area (Å²) >= 11 is 6.25. The molecular weight excluding hydrogens is 438 g/mol. The van der Waals surface area contributed by atoms with Gasteiger partial charge < -0.3 is 10.4 Å². The van der Waals surface area contributed by atoms with Gasteiger partial charge in [0.2, 0.25) is 5.91 Å². The standard InChI is InChI=1S/C22H30ClN3O4S/c1-22(2,28)14-26-11-10-20(25-26)24-21(27)17(12-15-6-4-5-7-15)16-8-9-19(18(23)13-16)31(3,29)30/h8-11,13,15,17,28H,4-7,12,14H2,1-3H3,(H,24,25,27)/t17-/m1/s1. The number of rotatable bonds is 8. The summed E-state index contributed by atoms with van der Waals surface area (Å²) in [4.78, 5) is 13.3. The highest BCUT2D eigenvalue weighted by molar-refractivity contribution is 7.90. The molecule has 9 heteroatoms. The molecule has 0 spiro atoms. The number of nitrogens with one attached hydrogen (secondary N) is 1. The van der Waals surface area contributed by atoms with Gasteiger partial charge in [0.05, 0.1) is 28.0 Å². The maximum absolute atomic E-state index is 13.2. The monoisotopic (exact) mass is 467 g/mol. The number of aliphatic hydroxyl groups is 1. The first-order chi connectivity index (χ1) is 14.4. The Hall–Kier alpha value is -1.90. The molecule has 2 aromatic rings. The van der Waals surface area contributed by atoms with Crippen molar-refractivity contribution in [1.82, 2.24) is 9.78 Å². The normalized spacial score (nSPS) is 16.4. The van der Waals surface area contributed by atoms with Crippen LogP contribution < -0.4 is 5.32 Å². The zero-order valence-corrected chi connectivity index (χ0v) is 19.7. The van der Waals surface area contributed by atoms with Crippen LogP contribution in [-0.2, 0) is 21.2 Å². The van der Waals surface area contributed by atoms with Crippen LogP contribution in [0.4, 0.5) is 5.82 Å². The highest BCUT2D eigenvalue weighted by Gasteiger charge is 2.28. The van der Waals surface area contributed by atoms with E-state index in [2.05, 4.69) is 10.4 Å². The number of aromatic nitrogens is 2. The van der Waals surface area contributed by atoms with Crippen molar-refractivity contribution in [2.75, 3.05) is 11.6 Å². The average Bonchev–Trinajstić information content (AvgIpc) is 3.29. The van der Waals surface area contributed by atoms with E-state index in [1.807, 2.05) is 0 Å². The molecule has 31 heavy (non-hydrogen) atoms. The quantitative estimate of drug-likeness (QED) is 0.610. The van der Waals surface area contributed by atoms with Gasteiger partial charge in [0.1, 0.15) is 0 Å². The summed E-state index contributed by atoms with van der Waals surface area (Å²) in [6, 6.07) is 6.42. The predicted octanol–water partition coefficient (Wildman–Crippen LogP) is 4.01. The summed E-state index contributed by atoms with van der Waals surface area (Å²) in [6.45, 7) is 3.68. The van der Waals surface area contributed by atoms with Crippen molar-refractivity contribution >= 4 is 33.2 Å². The number of carbonyl (C=O) groups is 1. The number of benzene rings is 1. The van der Waals surface area contributed by atoms with Gasteiger partial charge in [0.25, 0.3) is 0 Å². The number of sulfone groups is 1. The van der Waals surface area contributed by atoms with E-state index in [-0.39, 0.29) is 15.8 Å². The number of halogens is 1. The molecule has 1 atom stereocenters. The SMILES string of the molecule is CC(C)(O)Cn1ccc(NC(=O)[C@H](CC2CCCC2)c2ccc(S(C)(=O)=O)c(Cl)c2)n1. The van der Waals surface area contributed by atoms with Gasteiger partial charge in [0, 0.05) is 18.5 Å². The summed E-state index contributed by atoms with van der Waals surface area (Å²) in [7, 11) is -3.45. The first-order valence-corrected chi connectivity index (χ1v) is 12.8. The molecule has 1 saturated carbocycles. The van der Waals surface area contributed by atoms with Gasteiger partial charge in [0.15, 0.2) is 15.7 Å². The first kappa shape index (κ1) is 23.8. The lowest BCUT2D eigenvalue weighted by Crippen LogP contribution is -2.27. The van der Waals surface area contributed by atoms with E-state index >= 15 is 0 Å². The van der Waals surface area contributed by atoms with E-state index in [4.69, 9.17) is 11.6 Å². The molecule has 0 saturated heterocycles. The molecule has 1 aromatic heterocycles. The van der Waals surface area contributed by atoms with Crippen LogP contribution in [0.15, 0.2) is 35.4 Å². The Morgan fingerprint density at radius 1 is 1.32 bits per heavy atom. The van der Waals surface area contributed by atoms with Crippen LogP contribution in [0.3, 0.4) is 0 Å². The van der Waals surface area contributed by atoms with Gasteiger partial charge in [-0.05, 0) is 43.9 Å². The Labute approximate surface area is 188 Å². The zero-order chi connectivity index (χ0) is 22.8. The van der Waals surface area contributed by atoms with Crippen LogP contribution in [0.5, 0.6) is 0 Å². The van der Waals surface area contributed by atoms with Gasteiger partial charge in [-0.2, -0.15) is 5.10 Å². The number of hydrogen-bond acceptors (Lipinski definition) is 5. The predicted molar refractivity (Wildman–Crippen MR) is 121 cm³/mol. The second kappa shape index (κ2) is 9.30. The second-order valence-corrected chi connectivity index (χ2v) is 11.5. The topological polar surface area (TPSA) is 101 Å². The molecule has 1 amide bonds. The summed E-state index contributed by atoms with van der Waals surface area (Å²) in [5.74, 6) is 0.179. The van der Waals surface area contributed by atoms with Crippen LogP contribution in [0.2, 0.25) is 5.02 Å². The van der Waals surface area contributed by atoms with E-state index in [0.29, 0.717) is 30.3 Å². The third-order valence-corrected chi connectivity index (χ3v) is 7.14. The van der Waals surface area contributed by atoms with Crippen molar-refractivity contribution in [3.63, 3.8) is 0 Å². The van der Waals surface area contributed by atoms with Gasteiger partial charge >= 0.3 is 0 Å². The van der Waals surface area contributed by atoms with Gasteiger partial charge in [-0.1, -0.05) is 43.4 Å². The van der Waals surface area contributed by atoms with E-state index < -0.39 is 21.4 Å². The lowest BCUT2D eigenvalue weighted by Gasteiger charge is -2.21. The molecule has 0 aliphatic heterocycles. The van der Waals surface area contributed by atoms with Crippen LogP contribution in [0.25, 0.3) is 0 Å². The highest BCUT2D eigenvalue weighted by Crippen LogP contribution is 2.36. The summed E-state index contributed by atoms with van der Waals surface area (Å²) in [6.07, 6.45) is 7.98. The fraction of sp³-hybridized carbons (Fsp3) is 0.545. The fourth-order valence-corrected chi connectivity index (χ4v) is 5.47. The minimum atomic E-state index is -3.45. The van der Waals surface area contributed by atoms with Crippen LogP contribution in [0, 0.1) is 5.92 Å². The molecule has 1 aliphatic carbocycles. The van der Waals surface area contributed by atoms with E-state index in [1.54, 1.807) is 42.9 Å². The molecule has 0 unspecified atom stereocenters. The Kier molecular flexibility index (Phi) is 7.13. The van der Waals surface area contributed by atoms with Gasteiger partial charge in [-0.25, -0.2) is 8.42 Å². The molecule has 1 aromatic carbocycles. The van der Waals surface area contributed by atoms with Crippen molar-refractivity contribution in [1.29, 1.82) is 0 Å². The second-order valence-electron chi connectivity index (χ2n) is 9.10. The third-order valence-electron chi connectivity index (χ3n) is 5.56. The maximum atomic E-state index is 13.2. The van der Waals surface area contributed by atoms with Gasteiger partial charge in [-0.15, -0.1) is 0 Å². The molecule has 0 radical (unpaired) electrons. The minimum absolute atomic E-state index is 0.0586. The molecule has 7 nitrogen and oxygen atoms in total. The van der Waals surface area contributed by atoms with Crippen molar-refractivity contribution in [3.8, 4) is 0 Å². The first-order valence-electron chi connectivity index (χ1n) is 10.5. The maximum Gasteiger partial charge on any atom is 0.233 e. The van der Waals surface area contributed by atoms with Crippen molar-refractivity contribution in [3.05, 3.63) is 41.0 Å². The smallest absolute Gasteiger partial charge is 0.233 e. The van der Waals surface area contributed by atoms with Crippen molar-refractivity contribution < 1.29 is 18.3 Å². The molecular formula is C22H30ClN3O4S. The minimum Gasteiger partial charge on any atom is -0.389 e. The number of hydrogen-bond donors (Lipinski definition) is 2. The average molecular weight is 468 g/mol. The van der Waals surface area contributed by atoms with Crippen LogP contribution in [0.1, 0.15) is 57.4 Å². The summed E-state index contributed by atoms with van der Waals surface area (Å²) in [5.41, 5.74) is -0.228. The Morgan fingerprint density at radius 3 is 2.58 bits per heavy atom. The lowest BCUT2D eigenvalue weighted by molar-refractivity contribution is -0.118. The molecule has 2 N–H and O–H groups in total. The molecule has 170 valence electrons. The van der Waals surface area contributed by atoms with E-state index in [1.165, 1.54) is 6.07 Å². The summed E-state index contributed by atoms with van der Waals surface area (Å²) in [5, 5.41) is 17.3. The third kappa shape index (κ3) is 6.54. The largest absolute Gasteiger partial charge is 0.389 e. The number of nitrogens with zero attached hydrogens (tertiary/aromatic N) is 2.